The predicted octanol–water partition coefficient (Wildman–Crippen LogP) is 0.643. The van der Waals surface area contributed by atoms with Crippen LogP contribution in [-0.2, 0) is 9.59 Å². The number of aliphatic hydroxyl groups excluding tert-OH is 2. The molecule has 1 amide bonds. The summed E-state index contributed by atoms with van der Waals surface area (Å²) in [6.07, 6.45) is 4.52. The van der Waals surface area contributed by atoms with Crippen LogP contribution in [0.3, 0.4) is 0 Å². The molecule has 1 saturated heterocycles. The molecule has 4 N–H and O–H groups in total. The zero-order valence-electron chi connectivity index (χ0n) is 11.5. The van der Waals surface area contributed by atoms with Crippen molar-refractivity contribution in [3.8, 4) is 0 Å². The second-order valence-electron chi connectivity index (χ2n) is 5.22. The topological polar surface area (TPSA) is 98.7 Å². The Labute approximate surface area is 117 Å². The summed E-state index contributed by atoms with van der Waals surface area (Å²) in [6, 6.07) is 0. The van der Waals surface area contributed by atoms with E-state index in [1.807, 2.05) is 6.92 Å². The van der Waals surface area contributed by atoms with Gasteiger partial charge < -0.3 is 20.8 Å². The fraction of sp³-hybridized carbons (Fsp3) is 0.571. The van der Waals surface area contributed by atoms with Crippen molar-refractivity contribution < 1.29 is 19.8 Å². The van der Waals surface area contributed by atoms with Crippen LogP contribution in [0.4, 0.5) is 0 Å². The van der Waals surface area contributed by atoms with Crippen molar-refractivity contribution in [3.63, 3.8) is 0 Å². The third-order valence-electron chi connectivity index (χ3n) is 4.00. The highest BCUT2D eigenvalue weighted by atomic mass is 16.3. The van der Waals surface area contributed by atoms with Crippen LogP contribution in [0, 0.1) is 0 Å². The molecule has 0 unspecified atom stereocenters. The molecule has 0 aromatic heterocycles. The standard InChI is InChI=1S/C14H20N2O4/c1-2-9(10(7-17)11(19)8-18)12-13(20)16-14(15-12)5-3-4-6-14/h8,15,17,19H,2-7H2,1H3,(H,16,20)/b11-10+,12-9-. The number of nitrogens with one attached hydrogen (secondary N) is 2. The van der Waals surface area contributed by atoms with Crippen molar-refractivity contribution in [1.29, 1.82) is 0 Å². The minimum absolute atomic E-state index is 0.107. The largest absolute Gasteiger partial charge is 0.504 e. The van der Waals surface area contributed by atoms with Gasteiger partial charge in [-0.25, -0.2) is 0 Å². The molecule has 0 atom stereocenters. The van der Waals surface area contributed by atoms with E-state index in [1.165, 1.54) is 0 Å². The number of aliphatic hydroxyl groups is 2. The molecule has 0 radical (unpaired) electrons. The molecular formula is C14H20N2O4. The summed E-state index contributed by atoms with van der Waals surface area (Å²) in [5, 5.41) is 25.1. The molecule has 6 nitrogen and oxygen atoms in total. The van der Waals surface area contributed by atoms with Crippen LogP contribution in [0.25, 0.3) is 0 Å². The zero-order chi connectivity index (χ0) is 14.8. The summed E-state index contributed by atoms with van der Waals surface area (Å²) in [5.41, 5.74) is 0.546. The molecule has 0 aromatic rings. The van der Waals surface area contributed by atoms with Crippen LogP contribution in [0.5, 0.6) is 0 Å². The molecule has 1 saturated carbocycles. The number of carbonyl (C=O) groups is 2. The van der Waals surface area contributed by atoms with E-state index < -0.39 is 18.0 Å². The SMILES string of the molecule is CCC(=C1/NC2(CCCC2)NC1=O)/C(CO)=C(/O)C=O. The molecule has 20 heavy (non-hydrogen) atoms. The van der Waals surface area contributed by atoms with Crippen molar-refractivity contribution in [3.05, 3.63) is 22.6 Å². The Morgan fingerprint density at radius 2 is 2.00 bits per heavy atom. The monoisotopic (exact) mass is 280 g/mol. The van der Waals surface area contributed by atoms with E-state index in [0.717, 1.165) is 25.7 Å². The minimum Gasteiger partial charge on any atom is -0.504 e. The molecule has 1 spiro atoms. The Morgan fingerprint density at radius 1 is 1.35 bits per heavy atom. The molecule has 6 heteroatoms. The average molecular weight is 280 g/mol. The van der Waals surface area contributed by atoms with Crippen molar-refractivity contribution in [2.45, 2.75) is 44.7 Å². The Kier molecular flexibility index (Phi) is 4.13. The van der Waals surface area contributed by atoms with Crippen LogP contribution in [0.15, 0.2) is 22.6 Å². The van der Waals surface area contributed by atoms with Crippen LogP contribution >= 0.6 is 0 Å². The predicted molar refractivity (Wildman–Crippen MR) is 72.6 cm³/mol. The molecule has 1 aliphatic heterocycles. The second-order valence-corrected chi connectivity index (χ2v) is 5.22. The summed E-state index contributed by atoms with van der Waals surface area (Å²) in [4.78, 5) is 22.9. The number of allylic oxidation sites excluding steroid dienone is 1. The van der Waals surface area contributed by atoms with E-state index in [4.69, 9.17) is 0 Å². The first-order chi connectivity index (χ1) is 9.56. The summed E-state index contributed by atoms with van der Waals surface area (Å²) >= 11 is 0. The number of carbonyl (C=O) groups excluding carboxylic acids is 2. The Morgan fingerprint density at radius 3 is 2.50 bits per heavy atom. The quantitative estimate of drug-likeness (QED) is 0.344. The van der Waals surface area contributed by atoms with Gasteiger partial charge in [0.1, 0.15) is 11.4 Å². The van der Waals surface area contributed by atoms with Gasteiger partial charge in [-0.2, -0.15) is 0 Å². The maximum absolute atomic E-state index is 12.2. The van der Waals surface area contributed by atoms with Gasteiger partial charge in [0.15, 0.2) is 12.0 Å². The van der Waals surface area contributed by atoms with Crippen LogP contribution in [-0.4, -0.2) is 34.7 Å². The summed E-state index contributed by atoms with van der Waals surface area (Å²) in [7, 11) is 0. The molecular weight excluding hydrogens is 260 g/mol. The normalized spacial score (nSPS) is 24.2. The number of aldehydes is 1. The van der Waals surface area contributed by atoms with E-state index in [-0.39, 0.29) is 17.8 Å². The molecule has 110 valence electrons. The summed E-state index contributed by atoms with van der Waals surface area (Å²) in [5.74, 6) is -0.771. The number of hydrogen-bond donors (Lipinski definition) is 4. The fourth-order valence-corrected chi connectivity index (χ4v) is 2.99. The first kappa shape index (κ1) is 14.6. The van der Waals surface area contributed by atoms with Gasteiger partial charge in [-0.15, -0.1) is 0 Å². The van der Waals surface area contributed by atoms with Crippen LogP contribution in [0.1, 0.15) is 39.0 Å². The lowest BCUT2D eigenvalue weighted by atomic mass is 10.00. The van der Waals surface area contributed by atoms with Gasteiger partial charge in [-0.1, -0.05) is 6.92 Å². The van der Waals surface area contributed by atoms with E-state index >= 15 is 0 Å². The first-order valence-corrected chi connectivity index (χ1v) is 6.89. The Hall–Kier alpha value is -1.82. The van der Waals surface area contributed by atoms with Crippen molar-refractivity contribution in [1.82, 2.24) is 10.6 Å². The van der Waals surface area contributed by atoms with E-state index in [2.05, 4.69) is 10.6 Å². The van der Waals surface area contributed by atoms with Crippen molar-refractivity contribution in [2.75, 3.05) is 6.61 Å². The number of hydrogen-bond acceptors (Lipinski definition) is 5. The Bertz CT molecular complexity index is 487. The number of rotatable bonds is 4. The third-order valence-corrected chi connectivity index (χ3v) is 4.00. The molecule has 2 fully saturated rings. The molecule has 1 heterocycles. The van der Waals surface area contributed by atoms with Crippen LogP contribution < -0.4 is 10.6 Å². The zero-order valence-corrected chi connectivity index (χ0v) is 11.5. The second kappa shape index (κ2) is 5.66. The lowest BCUT2D eigenvalue weighted by Gasteiger charge is -2.23. The number of amides is 1. The average Bonchev–Trinajstić information content (AvgIpc) is 3.02. The Balaban J connectivity index is 2.43. The van der Waals surface area contributed by atoms with E-state index in [1.54, 1.807) is 0 Å². The molecule has 0 aromatic carbocycles. The maximum Gasteiger partial charge on any atom is 0.269 e. The van der Waals surface area contributed by atoms with Crippen molar-refractivity contribution in [2.24, 2.45) is 0 Å². The van der Waals surface area contributed by atoms with E-state index in [9.17, 15) is 19.8 Å². The highest BCUT2D eigenvalue weighted by molar-refractivity contribution is 5.97. The van der Waals surface area contributed by atoms with Crippen LogP contribution in [0.2, 0.25) is 0 Å². The van der Waals surface area contributed by atoms with Gasteiger partial charge in [-0.05, 0) is 37.7 Å². The third kappa shape index (κ3) is 2.43. The molecule has 2 rings (SSSR count). The smallest absolute Gasteiger partial charge is 0.269 e. The van der Waals surface area contributed by atoms with Gasteiger partial charge in [0.2, 0.25) is 0 Å². The lowest BCUT2D eigenvalue weighted by Crippen LogP contribution is -2.46. The first-order valence-electron chi connectivity index (χ1n) is 6.89. The van der Waals surface area contributed by atoms with Gasteiger partial charge in [0, 0.05) is 5.57 Å². The highest BCUT2D eigenvalue weighted by Gasteiger charge is 2.43. The summed E-state index contributed by atoms with van der Waals surface area (Å²) in [6.45, 7) is 1.32. The van der Waals surface area contributed by atoms with Gasteiger partial charge in [0.05, 0.1) is 6.61 Å². The maximum atomic E-state index is 12.2. The van der Waals surface area contributed by atoms with Gasteiger partial charge in [-0.3, -0.25) is 9.59 Å². The highest BCUT2D eigenvalue weighted by Crippen LogP contribution is 2.33. The lowest BCUT2D eigenvalue weighted by molar-refractivity contribution is -0.117. The molecule has 2 aliphatic rings. The van der Waals surface area contributed by atoms with Gasteiger partial charge >= 0.3 is 0 Å². The minimum atomic E-state index is -0.529. The molecule has 0 bridgehead atoms. The molecule has 1 aliphatic carbocycles. The van der Waals surface area contributed by atoms with Crippen molar-refractivity contribution >= 4 is 12.2 Å². The fourth-order valence-electron chi connectivity index (χ4n) is 2.99. The van der Waals surface area contributed by atoms with Gasteiger partial charge in [0.25, 0.3) is 5.91 Å². The summed E-state index contributed by atoms with van der Waals surface area (Å²) < 4.78 is 0. The van der Waals surface area contributed by atoms with E-state index in [0.29, 0.717) is 17.7 Å².